The fraction of sp³-hybridized carbons (Fsp3) is 0.917. The van der Waals surface area contributed by atoms with Gasteiger partial charge in [-0.05, 0) is 20.3 Å². The van der Waals surface area contributed by atoms with Crippen molar-refractivity contribution in [2.45, 2.75) is 59.5 Å². The molecule has 0 aliphatic heterocycles. The Kier molecular flexibility index (Phi) is 6.01. The molecule has 0 fully saturated rings. The molecule has 0 rings (SSSR count). The van der Waals surface area contributed by atoms with Crippen LogP contribution in [0.2, 0.25) is 0 Å². The fourth-order valence-electron chi connectivity index (χ4n) is 1.45. The second kappa shape index (κ2) is 6.18. The SMILES string of the molecule is CCCCCOC(C)(C)C(=O)C(C)C. The van der Waals surface area contributed by atoms with E-state index in [-0.39, 0.29) is 11.7 Å². The Bertz CT molecular complexity index is 171. The van der Waals surface area contributed by atoms with Gasteiger partial charge in [0.05, 0.1) is 0 Å². The van der Waals surface area contributed by atoms with Crippen molar-refractivity contribution in [3.8, 4) is 0 Å². The minimum absolute atomic E-state index is 0.0520. The molecule has 0 heterocycles. The van der Waals surface area contributed by atoms with Gasteiger partial charge in [-0.2, -0.15) is 0 Å². The van der Waals surface area contributed by atoms with Gasteiger partial charge in [-0.3, -0.25) is 4.79 Å². The Morgan fingerprint density at radius 3 is 2.29 bits per heavy atom. The van der Waals surface area contributed by atoms with Crippen LogP contribution in [0.5, 0.6) is 0 Å². The maximum atomic E-state index is 11.7. The van der Waals surface area contributed by atoms with Crippen LogP contribution in [0.15, 0.2) is 0 Å². The van der Waals surface area contributed by atoms with Gasteiger partial charge in [0.25, 0.3) is 0 Å². The summed E-state index contributed by atoms with van der Waals surface area (Å²) in [5.41, 5.74) is -0.609. The van der Waals surface area contributed by atoms with E-state index in [0.29, 0.717) is 6.61 Å². The molecule has 0 radical (unpaired) electrons. The zero-order valence-corrected chi connectivity index (χ0v) is 10.2. The number of ketones is 1. The van der Waals surface area contributed by atoms with E-state index < -0.39 is 5.60 Å². The van der Waals surface area contributed by atoms with Gasteiger partial charge >= 0.3 is 0 Å². The summed E-state index contributed by atoms with van der Waals surface area (Å²) in [5.74, 6) is 0.241. The molecule has 14 heavy (non-hydrogen) atoms. The van der Waals surface area contributed by atoms with Crippen LogP contribution in [0.1, 0.15) is 53.9 Å². The summed E-state index contributed by atoms with van der Waals surface area (Å²) in [5, 5.41) is 0. The molecule has 0 aliphatic carbocycles. The van der Waals surface area contributed by atoms with Gasteiger partial charge in [0.2, 0.25) is 0 Å². The van der Waals surface area contributed by atoms with Crippen LogP contribution in [0, 0.1) is 5.92 Å². The molecule has 0 spiro atoms. The normalized spacial score (nSPS) is 12.1. The number of Topliss-reactive ketones (excluding diaryl/α,β-unsaturated/α-hetero) is 1. The van der Waals surface area contributed by atoms with E-state index in [1.54, 1.807) is 0 Å². The van der Waals surface area contributed by atoms with Gasteiger partial charge in [-0.25, -0.2) is 0 Å². The van der Waals surface area contributed by atoms with Gasteiger partial charge in [0.15, 0.2) is 5.78 Å². The molecule has 0 unspecified atom stereocenters. The van der Waals surface area contributed by atoms with E-state index in [1.165, 1.54) is 12.8 Å². The summed E-state index contributed by atoms with van der Waals surface area (Å²) in [7, 11) is 0. The first kappa shape index (κ1) is 13.6. The van der Waals surface area contributed by atoms with E-state index in [0.717, 1.165) is 6.42 Å². The van der Waals surface area contributed by atoms with Crippen molar-refractivity contribution >= 4 is 5.78 Å². The van der Waals surface area contributed by atoms with Crippen molar-refractivity contribution in [2.75, 3.05) is 6.61 Å². The summed E-state index contributed by atoms with van der Waals surface area (Å²) in [6.45, 7) is 10.4. The molecule has 2 heteroatoms. The summed E-state index contributed by atoms with van der Waals surface area (Å²) in [6, 6.07) is 0. The van der Waals surface area contributed by atoms with E-state index in [9.17, 15) is 4.79 Å². The molecule has 0 atom stereocenters. The van der Waals surface area contributed by atoms with E-state index >= 15 is 0 Å². The minimum atomic E-state index is -0.609. The highest BCUT2D eigenvalue weighted by Crippen LogP contribution is 2.16. The quantitative estimate of drug-likeness (QED) is 0.590. The number of ether oxygens (including phenoxy) is 1. The molecule has 2 nitrogen and oxygen atoms in total. The van der Waals surface area contributed by atoms with E-state index in [4.69, 9.17) is 4.74 Å². The van der Waals surface area contributed by atoms with Crippen molar-refractivity contribution in [3.05, 3.63) is 0 Å². The number of hydrogen-bond acceptors (Lipinski definition) is 2. The number of hydrogen-bond donors (Lipinski definition) is 0. The van der Waals surface area contributed by atoms with Crippen molar-refractivity contribution in [3.63, 3.8) is 0 Å². The molecule has 0 aliphatic rings. The van der Waals surface area contributed by atoms with Crippen molar-refractivity contribution < 1.29 is 9.53 Å². The third-order valence-corrected chi connectivity index (χ3v) is 2.33. The molecule has 0 bridgehead atoms. The molecular weight excluding hydrogens is 176 g/mol. The zero-order chi connectivity index (χ0) is 11.2. The number of carbonyl (C=O) groups excluding carboxylic acids is 1. The summed E-state index contributed by atoms with van der Waals surface area (Å²) >= 11 is 0. The minimum Gasteiger partial charge on any atom is -0.368 e. The molecule has 0 aromatic heterocycles. The Morgan fingerprint density at radius 2 is 1.86 bits per heavy atom. The van der Waals surface area contributed by atoms with Crippen LogP contribution in [0.3, 0.4) is 0 Å². The smallest absolute Gasteiger partial charge is 0.166 e. The lowest BCUT2D eigenvalue weighted by molar-refractivity contribution is -0.143. The lowest BCUT2D eigenvalue weighted by Crippen LogP contribution is -2.38. The highest BCUT2D eigenvalue weighted by Gasteiger charge is 2.29. The van der Waals surface area contributed by atoms with Gasteiger partial charge in [-0.15, -0.1) is 0 Å². The highest BCUT2D eigenvalue weighted by atomic mass is 16.5. The standard InChI is InChI=1S/C12H24O2/c1-6-7-8-9-14-12(4,5)11(13)10(2)3/h10H,6-9H2,1-5H3. The Morgan fingerprint density at radius 1 is 1.29 bits per heavy atom. The zero-order valence-electron chi connectivity index (χ0n) is 10.2. The first-order chi connectivity index (χ1) is 6.41. The van der Waals surface area contributed by atoms with Crippen LogP contribution < -0.4 is 0 Å². The van der Waals surface area contributed by atoms with Gasteiger partial charge < -0.3 is 4.74 Å². The van der Waals surface area contributed by atoms with Crippen LogP contribution in [-0.2, 0) is 9.53 Å². The van der Waals surface area contributed by atoms with Crippen molar-refractivity contribution in [1.82, 2.24) is 0 Å². The molecular formula is C12H24O2. The van der Waals surface area contributed by atoms with E-state index in [1.807, 2.05) is 27.7 Å². The molecule has 0 saturated carbocycles. The van der Waals surface area contributed by atoms with Crippen molar-refractivity contribution in [2.24, 2.45) is 5.92 Å². The topological polar surface area (TPSA) is 26.3 Å². The first-order valence-corrected chi connectivity index (χ1v) is 5.60. The summed E-state index contributed by atoms with van der Waals surface area (Å²) < 4.78 is 5.61. The van der Waals surface area contributed by atoms with Crippen LogP contribution >= 0.6 is 0 Å². The molecule has 0 saturated heterocycles. The third kappa shape index (κ3) is 4.75. The summed E-state index contributed by atoms with van der Waals surface area (Å²) in [6.07, 6.45) is 3.40. The average molecular weight is 200 g/mol. The lowest BCUT2D eigenvalue weighted by Gasteiger charge is -2.25. The van der Waals surface area contributed by atoms with Gasteiger partial charge in [0, 0.05) is 12.5 Å². The molecule has 0 amide bonds. The van der Waals surface area contributed by atoms with Crippen LogP contribution in [-0.4, -0.2) is 18.0 Å². The average Bonchev–Trinajstić information content (AvgIpc) is 2.11. The van der Waals surface area contributed by atoms with Crippen LogP contribution in [0.25, 0.3) is 0 Å². The molecule has 0 aromatic rings. The second-order valence-electron chi connectivity index (χ2n) is 4.58. The number of unbranched alkanes of at least 4 members (excludes halogenated alkanes) is 2. The monoisotopic (exact) mass is 200 g/mol. The van der Waals surface area contributed by atoms with Crippen LogP contribution in [0.4, 0.5) is 0 Å². The largest absolute Gasteiger partial charge is 0.368 e. The third-order valence-electron chi connectivity index (χ3n) is 2.33. The number of carbonyl (C=O) groups is 1. The molecule has 84 valence electrons. The second-order valence-corrected chi connectivity index (χ2v) is 4.58. The fourth-order valence-corrected chi connectivity index (χ4v) is 1.45. The predicted octanol–water partition coefficient (Wildman–Crippen LogP) is 3.20. The summed E-state index contributed by atoms with van der Waals surface area (Å²) in [4.78, 5) is 11.7. The van der Waals surface area contributed by atoms with Crippen molar-refractivity contribution in [1.29, 1.82) is 0 Å². The first-order valence-electron chi connectivity index (χ1n) is 5.60. The molecule has 0 N–H and O–H groups in total. The highest BCUT2D eigenvalue weighted by molar-refractivity contribution is 5.88. The maximum Gasteiger partial charge on any atom is 0.166 e. The lowest BCUT2D eigenvalue weighted by atomic mass is 9.94. The predicted molar refractivity (Wildman–Crippen MR) is 59.4 cm³/mol. The maximum absolute atomic E-state index is 11.7. The number of rotatable bonds is 7. The Balaban J connectivity index is 3.88. The van der Waals surface area contributed by atoms with E-state index in [2.05, 4.69) is 6.92 Å². The van der Waals surface area contributed by atoms with Gasteiger partial charge in [0.1, 0.15) is 5.60 Å². The molecule has 0 aromatic carbocycles. The Hall–Kier alpha value is -0.370. The Labute approximate surface area is 88.0 Å². The van der Waals surface area contributed by atoms with Gasteiger partial charge in [-0.1, -0.05) is 33.6 Å².